The fraction of sp³-hybridized carbons (Fsp3) is 0.133. The van der Waals surface area contributed by atoms with Crippen molar-refractivity contribution in [3.05, 3.63) is 40.3 Å². The van der Waals surface area contributed by atoms with Crippen LogP contribution in [0, 0.1) is 25.2 Å². The van der Waals surface area contributed by atoms with Gasteiger partial charge in [-0.25, -0.2) is 4.98 Å². The maximum Gasteiger partial charge on any atom is 0.232 e. The maximum absolute atomic E-state index is 8.99. The minimum absolute atomic E-state index is 0.174. The summed E-state index contributed by atoms with van der Waals surface area (Å²) < 4.78 is 5.88. The van der Waals surface area contributed by atoms with Gasteiger partial charge in [-0.3, -0.25) is 0 Å². The van der Waals surface area contributed by atoms with E-state index in [1.807, 2.05) is 26.0 Å². The minimum Gasteiger partial charge on any atom is -0.438 e. The van der Waals surface area contributed by atoms with Gasteiger partial charge < -0.3 is 10.5 Å². The topological polar surface area (TPSA) is 84.8 Å². The molecule has 0 aliphatic rings. The fourth-order valence-electron chi connectivity index (χ4n) is 1.99. The van der Waals surface area contributed by atoms with Crippen molar-refractivity contribution < 1.29 is 4.74 Å². The van der Waals surface area contributed by atoms with Gasteiger partial charge in [-0.2, -0.15) is 10.2 Å². The predicted octanol–water partition coefficient (Wildman–Crippen LogP) is 3.55. The van der Waals surface area contributed by atoms with Gasteiger partial charge in [0.1, 0.15) is 10.6 Å². The summed E-state index contributed by atoms with van der Waals surface area (Å²) in [6.07, 6.45) is 0. The number of anilines is 1. The zero-order valence-electron chi connectivity index (χ0n) is 11.5. The Kier molecular flexibility index (Phi) is 3.20. The first kappa shape index (κ1) is 13.3. The van der Waals surface area contributed by atoms with Crippen LogP contribution in [0.5, 0.6) is 11.6 Å². The van der Waals surface area contributed by atoms with Crippen LogP contribution in [0.15, 0.2) is 24.3 Å². The monoisotopic (exact) mass is 296 g/mol. The number of nitrogens with zero attached hydrogens (tertiary/aromatic N) is 3. The zero-order valence-corrected chi connectivity index (χ0v) is 12.4. The summed E-state index contributed by atoms with van der Waals surface area (Å²) in [6.45, 7) is 3.91. The largest absolute Gasteiger partial charge is 0.438 e. The minimum atomic E-state index is 0.174. The van der Waals surface area contributed by atoms with E-state index in [-0.39, 0.29) is 5.95 Å². The van der Waals surface area contributed by atoms with Crippen molar-refractivity contribution in [2.24, 2.45) is 0 Å². The number of benzene rings is 1. The lowest BCUT2D eigenvalue weighted by atomic mass is 10.1. The van der Waals surface area contributed by atoms with Gasteiger partial charge in [-0.15, -0.1) is 11.3 Å². The van der Waals surface area contributed by atoms with Crippen LogP contribution in [-0.2, 0) is 0 Å². The van der Waals surface area contributed by atoms with Crippen LogP contribution in [0.4, 0.5) is 5.95 Å². The highest BCUT2D eigenvalue weighted by atomic mass is 32.1. The van der Waals surface area contributed by atoms with E-state index in [4.69, 9.17) is 15.7 Å². The van der Waals surface area contributed by atoms with Gasteiger partial charge in [0.25, 0.3) is 0 Å². The zero-order chi connectivity index (χ0) is 15.0. The summed E-state index contributed by atoms with van der Waals surface area (Å²) in [5.74, 6) is 1.19. The van der Waals surface area contributed by atoms with Gasteiger partial charge in [0.15, 0.2) is 0 Å². The second-order valence-corrected chi connectivity index (χ2v) is 5.89. The van der Waals surface area contributed by atoms with Crippen LogP contribution in [0.2, 0.25) is 0 Å². The number of nitrogen functional groups attached to an aromatic ring is 1. The molecule has 0 atom stereocenters. The molecule has 3 aromatic rings. The average molecular weight is 296 g/mol. The van der Waals surface area contributed by atoms with E-state index in [0.717, 1.165) is 20.7 Å². The number of thiophene rings is 1. The number of nitrogens with two attached hydrogens (primary N) is 1. The van der Waals surface area contributed by atoms with Crippen molar-refractivity contribution in [2.75, 3.05) is 5.73 Å². The van der Waals surface area contributed by atoms with Crippen LogP contribution in [0.25, 0.3) is 10.2 Å². The Hall–Kier alpha value is -2.65. The van der Waals surface area contributed by atoms with Crippen molar-refractivity contribution in [3.63, 3.8) is 0 Å². The fourth-order valence-corrected chi connectivity index (χ4v) is 2.87. The van der Waals surface area contributed by atoms with Crippen molar-refractivity contribution in [1.29, 1.82) is 5.26 Å². The molecule has 2 aromatic heterocycles. The molecule has 0 spiro atoms. The standard InChI is InChI=1S/C15H12N4OS/c1-8-3-4-10(7-16)6-12(8)20-13-11-5-9(2)21-14(11)19-15(17)18-13/h3-6H,1-2H3,(H2,17,18,19). The number of ether oxygens (including phenoxy) is 1. The number of aromatic nitrogens is 2. The third-order valence-corrected chi connectivity index (χ3v) is 3.97. The first-order valence-electron chi connectivity index (χ1n) is 6.29. The lowest BCUT2D eigenvalue weighted by Crippen LogP contribution is -1.98. The molecule has 6 heteroatoms. The number of fused-ring (bicyclic) bond motifs is 1. The number of nitriles is 1. The summed E-state index contributed by atoms with van der Waals surface area (Å²) in [5.41, 5.74) is 7.19. The summed E-state index contributed by atoms with van der Waals surface area (Å²) in [7, 11) is 0. The Morgan fingerprint density at radius 2 is 2.05 bits per heavy atom. The quantitative estimate of drug-likeness (QED) is 0.781. The summed E-state index contributed by atoms with van der Waals surface area (Å²) in [6, 6.07) is 9.35. The molecular formula is C15H12N4OS. The van der Waals surface area contributed by atoms with E-state index in [1.165, 1.54) is 11.3 Å². The van der Waals surface area contributed by atoms with Gasteiger partial charge >= 0.3 is 0 Å². The van der Waals surface area contributed by atoms with E-state index in [9.17, 15) is 0 Å². The maximum atomic E-state index is 8.99. The Balaban J connectivity index is 2.12. The van der Waals surface area contributed by atoms with Crippen molar-refractivity contribution in [1.82, 2.24) is 9.97 Å². The number of hydrogen-bond donors (Lipinski definition) is 1. The molecule has 0 aliphatic carbocycles. The molecule has 0 saturated carbocycles. The first-order valence-corrected chi connectivity index (χ1v) is 7.11. The number of rotatable bonds is 2. The van der Waals surface area contributed by atoms with Gasteiger partial charge in [0.05, 0.1) is 17.0 Å². The summed E-state index contributed by atoms with van der Waals surface area (Å²) in [5, 5.41) is 9.82. The SMILES string of the molecule is Cc1cc2c(Oc3cc(C#N)ccc3C)nc(N)nc2s1. The molecule has 2 heterocycles. The third-order valence-electron chi connectivity index (χ3n) is 3.02. The second-order valence-electron chi connectivity index (χ2n) is 4.66. The molecule has 0 unspecified atom stereocenters. The predicted molar refractivity (Wildman–Crippen MR) is 82.5 cm³/mol. The summed E-state index contributed by atoms with van der Waals surface area (Å²) in [4.78, 5) is 10.3. The van der Waals surface area contributed by atoms with E-state index < -0.39 is 0 Å². The molecule has 1 aromatic carbocycles. The van der Waals surface area contributed by atoms with Gasteiger partial charge in [-0.05, 0) is 37.6 Å². The first-order chi connectivity index (χ1) is 10.1. The third kappa shape index (κ3) is 2.51. The Labute approximate surface area is 125 Å². The lowest BCUT2D eigenvalue weighted by molar-refractivity contribution is 0.465. The molecule has 0 radical (unpaired) electrons. The van der Waals surface area contributed by atoms with Crippen molar-refractivity contribution >= 4 is 27.5 Å². The van der Waals surface area contributed by atoms with E-state index >= 15 is 0 Å². The molecule has 2 N–H and O–H groups in total. The van der Waals surface area contributed by atoms with Gasteiger partial charge in [0, 0.05) is 4.88 Å². The molecule has 0 fully saturated rings. The van der Waals surface area contributed by atoms with Crippen LogP contribution < -0.4 is 10.5 Å². The molecule has 0 bridgehead atoms. The molecule has 5 nitrogen and oxygen atoms in total. The smallest absolute Gasteiger partial charge is 0.232 e. The van der Waals surface area contributed by atoms with Crippen LogP contribution in [0.1, 0.15) is 16.0 Å². The van der Waals surface area contributed by atoms with E-state index in [2.05, 4.69) is 16.0 Å². The molecule has 0 aliphatic heterocycles. The van der Waals surface area contributed by atoms with Gasteiger partial charge in [-0.1, -0.05) is 6.07 Å². The molecular weight excluding hydrogens is 284 g/mol. The van der Waals surface area contributed by atoms with Crippen LogP contribution in [0.3, 0.4) is 0 Å². The highest BCUT2D eigenvalue weighted by Crippen LogP contribution is 2.34. The molecule has 0 saturated heterocycles. The Morgan fingerprint density at radius 3 is 2.81 bits per heavy atom. The Morgan fingerprint density at radius 1 is 1.24 bits per heavy atom. The molecule has 3 rings (SSSR count). The number of aryl methyl sites for hydroxylation is 2. The molecule has 0 amide bonds. The lowest BCUT2D eigenvalue weighted by Gasteiger charge is -2.09. The highest BCUT2D eigenvalue weighted by molar-refractivity contribution is 7.18. The average Bonchev–Trinajstić information content (AvgIpc) is 2.81. The molecule has 21 heavy (non-hydrogen) atoms. The molecule has 104 valence electrons. The Bertz CT molecular complexity index is 879. The van der Waals surface area contributed by atoms with E-state index in [0.29, 0.717) is 17.2 Å². The van der Waals surface area contributed by atoms with Crippen LogP contribution in [-0.4, -0.2) is 9.97 Å². The summed E-state index contributed by atoms with van der Waals surface area (Å²) >= 11 is 1.54. The van der Waals surface area contributed by atoms with Crippen molar-refractivity contribution in [2.45, 2.75) is 13.8 Å². The highest BCUT2D eigenvalue weighted by Gasteiger charge is 2.12. The van der Waals surface area contributed by atoms with E-state index in [1.54, 1.807) is 12.1 Å². The normalized spacial score (nSPS) is 10.5. The van der Waals surface area contributed by atoms with Gasteiger partial charge in [0.2, 0.25) is 11.8 Å². The van der Waals surface area contributed by atoms with Crippen molar-refractivity contribution in [3.8, 4) is 17.7 Å². The second kappa shape index (κ2) is 5.04. The number of hydrogen-bond acceptors (Lipinski definition) is 6. The van der Waals surface area contributed by atoms with Crippen LogP contribution >= 0.6 is 11.3 Å².